The van der Waals surface area contributed by atoms with Crippen molar-refractivity contribution >= 4 is 29.0 Å². The van der Waals surface area contributed by atoms with Gasteiger partial charge in [0.15, 0.2) is 5.78 Å². The van der Waals surface area contributed by atoms with Crippen LogP contribution in [0.5, 0.6) is 0 Å². The van der Waals surface area contributed by atoms with E-state index in [2.05, 4.69) is 15.3 Å². The number of Topliss-reactive ketones (excluding diaryl/α,β-unsaturated/α-hetero) is 4. The molecule has 11 nitrogen and oxygen atoms in total. The van der Waals surface area contributed by atoms with Crippen molar-refractivity contribution in [2.75, 3.05) is 39.6 Å². The first kappa shape index (κ1) is 38.5. The molecule has 252 valence electrons. The molecule has 1 N–H and O–H groups in total. The molecule has 0 aliphatic carbocycles. The number of hydrogen-bond acceptors (Lipinski definition) is 10. The van der Waals surface area contributed by atoms with Crippen molar-refractivity contribution in [1.29, 1.82) is 0 Å². The van der Waals surface area contributed by atoms with Crippen molar-refractivity contribution in [1.82, 2.24) is 15.3 Å². The monoisotopic (exact) mass is 639 g/mol. The normalized spacial score (nSPS) is 11.7. The van der Waals surface area contributed by atoms with E-state index in [1.54, 1.807) is 24.3 Å². The molecule has 0 spiro atoms. The predicted octanol–water partition coefficient (Wildman–Crippen LogP) is 4.71. The molecular formula is C35H49N3O8. The Bertz CT molecular complexity index is 1230. The van der Waals surface area contributed by atoms with Crippen molar-refractivity contribution in [3.63, 3.8) is 0 Å². The highest BCUT2D eigenvalue weighted by molar-refractivity contribution is 5.95. The first-order chi connectivity index (χ1) is 21.7. The van der Waals surface area contributed by atoms with Gasteiger partial charge in [-0.25, -0.2) is 0 Å². The summed E-state index contributed by atoms with van der Waals surface area (Å²) in [6.45, 7) is 12.7. The van der Waals surface area contributed by atoms with Crippen LogP contribution >= 0.6 is 0 Å². The first-order valence-corrected chi connectivity index (χ1v) is 15.8. The van der Waals surface area contributed by atoms with E-state index < -0.39 is 11.4 Å². The molecule has 2 aromatic rings. The van der Waals surface area contributed by atoms with Crippen LogP contribution in [0.2, 0.25) is 0 Å². The number of aromatic nitrogens is 2. The quantitative estimate of drug-likeness (QED) is 0.142. The third-order valence-electron chi connectivity index (χ3n) is 7.38. The lowest BCUT2D eigenvalue weighted by molar-refractivity contribution is -0.123. The van der Waals surface area contributed by atoms with Gasteiger partial charge in [0.25, 0.3) is 5.91 Å². The summed E-state index contributed by atoms with van der Waals surface area (Å²) in [5.41, 5.74) is 0.603. The Labute approximate surface area is 272 Å². The minimum absolute atomic E-state index is 0.0434. The zero-order valence-corrected chi connectivity index (χ0v) is 28.2. The van der Waals surface area contributed by atoms with Crippen LogP contribution in [0.4, 0.5) is 0 Å². The van der Waals surface area contributed by atoms with Gasteiger partial charge >= 0.3 is 0 Å². The van der Waals surface area contributed by atoms with E-state index in [0.29, 0.717) is 17.0 Å². The summed E-state index contributed by atoms with van der Waals surface area (Å²) in [5, 5.41) is 3.00. The number of nitrogens with zero attached hydrogens (tertiary/aromatic N) is 2. The van der Waals surface area contributed by atoms with Crippen LogP contribution in [0, 0.1) is 17.8 Å². The van der Waals surface area contributed by atoms with Crippen LogP contribution in [0.1, 0.15) is 88.4 Å². The number of hydrogen-bond donors (Lipinski definition) is 1. The van der Waals surface area contributed by atoms with Crippen molar-refractivity contribution in [2.24, 2.45) is 17.8 Å². The second kappa shape index (κ2) is 19.1. The summed E-state index contributed by atoms with van der Waals surface area (Å²) in [4.78, 5) is 70.4. The molecule has 0 radical (unpaired) electrons. The molecule has 46 heavy (non-hydrogen) atoms. The molecule has 0 fully saturated rings. The molecule has 11 heteroatoms. The third kappa shape index (κ3) is 13.0. The highest BCUT2D eigenvalue weighted by Crippen LogP contribution is 2.17. The zero-order chi connectivity index (χ0) is 34.3. The van der Waals surface area contributed by atoms with Crippen LogP contribution in [-0.4, -0.2) is 84.2 Å². The maximum Gasteiger partial charge on any atom is 0.253 e. The van der Waals surface area contributed by atoms with Crippen molar-refractivity contribution < 1.29 is 38.2 Å². The predicted molar refractivity (Wildman–Crippen MR) is 174 cm³/mol. The Balaban J connectivity index is 2.27. The maximum atomic E-state index is 13.6. The Morgan fingerprint density at radius 1 is 0.630 bits per heavy atom. The average molecular weight is 640 g/mol. The molecule has 1 amide bonds. The zero-order valence-electron chi connectivity index (χ0n) is 28.2. The summed E-state index contributed by atoms with van der Waals surface area (Å²) < 4.78 is 17.7. The lowest BCUT2D eigenvalue weighted by Crippen LogP contribution is -2.58. The van der Waals surface area contributed by atoms with E-state index >= 15 is 0 Å². The number of carbonyl (C=O) groups is 5. The van der Waals surface area contributed by atoms with Gasteiger partial charge < -0.3 is 19.5 Å². The number of rotatable bonds is 22. The summed E-state index contributed by atoms with van der Waals surface area (Å²) in [5.74, 6) is -0.791. The Morgan fingerprint density at radius 2 is 1.00 bits per heavy atom. The number of carbonyl (C=O) groups excluding carboxylic acids is 5. The fraction of sp³-hybridized carbons (Fsp3) is 0.571. The molecule has 2 rings (SSSR count). The SMILES string of the molecule is CC(=O)c1ccc(-c2ccc(C(=O)NC(COCCC(=O)C(C)C)(COCCC(=O)C(C)C)COCCC(=O)C(C)C)cn2)nc1. The number of ether oxygens (including phenoxy) is 3. The number of amides is 1. The molecular weight excluding hydrogens is 590 g/mol. The van der Waals surface area contributed by atoms with Gasteiger partial charge in [0.1, 0.15) is 22.9 Å². The summed E-state index contributed by atoms with van der Waals surface area (Å²) in [7, 11) is 0. The van der Waals surface area contributed by atoms with Gasteiger partial charge in [0, 0.05) is 55.0 Å². The highest BCUT2D eigenvalue weighted by atomic mass is 16.5. The van der Waals surface area contributed by atoms with Crippen molar-refractivity contribution in [3.05, 3.63) is 47.8 Å². The van der Waals surface area contributed by atoms with Gasteiger partial charge in [0.2, 0.25) is 0 Å². The summed E-state index contributed by atoms with van der Waals surface area (Å²) in [6.07, 6.45) is 3.53. The van der Waals surface area contributed by atoms with Gasteiger partial charge in [-0.1, -0.05) is 41.5 Å². The van der Waals surface area contributed by atoms with E-state index in [-0.39, 0.29) is 105 Å². The standard InChI is InChI=1S/C35H49N3O8/c1-23(2)31(40)12-15-44-20-35(21-45-16-13-32(41)24(3)4,22-46-17-14-33(42)25(5)6)38-34(43)28-9-11-30(37-19-28)29-10-8-27(18-36-29)26(7)39/h8-11,18-19,23-25H,12-17,20-22H2,1-7H3,(H,38,43). The largest absolute Gasteiger partial charge is 0.378 e. The molecule has 0 bridgehead atoms. The first-order valence-electron chi connectivity index (χ1n) is 15.8. The molecule has 0 aromatic carbocycles. The topological polar surface area (TPSA) is 151 Å². The van der Waals surface area contributed by atoms with Crippen LogP contribution in [0.3, 0.4) is 0 Å². The van der Waals surface area contributed by atoms with Gasteiger partial charge in [-0.2, -0.15) is 0 Å². The van der Waals surface area contributed by atoms with E-state index in [1.165, 1.54) is 19.3 Å². The fourth-order valence-electron chi connectivity index (χ4n) is 4.17. The lowest BCUT2D eigenvalue weighted by atomic mass is 10.0. The average Bonchev–Trinajstić information content (AvgIpc) is 3.02. The lowest BCUT2D eigenvalue weighted by Gasteiger charge is -2.34. The van der Waals surface area contributed by atoms with Crippen molar-refractivity contribution in [2.45, 2.75) is 73.3 Å². The maximum absolute atomic E-state index is 13.6. The summed E-state index contributed by atoms with van der Waals surface area (Å²) >= 11 is 0. The summed E-state index contributed by atoms with van der Waals surface area (Å²) in [6, 6.07) is 6.62. The molecule has 2 aromatic heterocycles. The number of ketones is 4. The number of nitrogens with one attached hydrogen (secondary N) is 1. The Morgan fingerprint density at radius 3 is 1.30 bits per heavy atom. The van der Waals surface area contributed by atoms with Crippen LogP contribution in [0.15, 0.2) is 36.7 Å². The third-order valence-corrected chi connectivity index (χ3v) is 7.38. The van der Waals surface area contributed by atoms with E-state index in [4.69, 9.17) is 14.2 Å². The molecule has 0 aliphatic heterocycles. The van der Waals surface area contributed by atoms with Gasteiger partial charge in [-0.3, -0.25) is 33.9 Å². The molecule has 0 aliphatic rings. The van der Waals surface area contributed by atoms with Crippen LogP contribution in [0.25, 0.3) is 11.4 Å². The minimum atomic E-state index is -1.21. The van der Waals surface area contributed by atoms with Gasteiger partial charge in [0.05, 0.1) is 56.6 Å². The van der Waals surface area contributed by atoms with E-state index in [9.17, 15) is 24.0 Å². The molecule has 0 atom stereocenters. The van der Waals surface area contributed by atoms with Gasteiger partial charge in [-0.05, 0) is 31.2 Å². The Hall–Kier alpha value is -3.67. The minimum Gasteiger partial charge on any atom is -0.378 e. The molecule has 0 saturated heterocycles. The molecule has 2 heterocycles. The second-order valence-corrected chi connectivity index (χ2v) is 12.4. The smallest absolute Gasteiger partial charge is 0.253 e. The van der Waals surface area contributed by atoms with Crippen LogP contribution < -0.4 is 5.32 Å². The van der Waals surface area contributed by atoms with Crippen molar-refractivity contribution in [3.8, 4) is 11.4 Å². The Kier molecular flexibility index (Phi) is 16.0. The molecule has 0 saturated carbocycles. The fourth-order valence-corrected chi connectivity index (χ4v) is 4.17. The number of pyridine rings is 2. The van der Waals surface area contributed by atoms with Gasteiger partial charge in [-0.15, -0.1) is 0 Å². The highest BCUT2D eigenvalue weighted by Gasteiger charge is 2.34. The molecule has 0 unspecified atom stereocenters. The van der Waals surface area contributed by atoms with Crippen LogP contribution in [-0.2, 0) is 28.6 Å². The second-order valence-electron chi connectivity index (χ2n) is 12.4. The van der Waals surface area contributed by atoms with E-state index in [1.807, 2.05) is 41.5 Å². The van der Waals surface area contributed by atoms with E-state index in [0.717, 1.165) is 0 Å².